The van der Waals surface area contributed by atoms with Crippen molar-refractivity contribution in [1.82, 2.24) is 9.80 Å². The number of hydrogen-bond acceptors (Lipinski definition) is 3. The van der Waals surface area contributed by atoms with Crippen molar-refractivity contribution < 1.29 is 0 Å². The van der Waals surface area contributed by atoms with E-state index in [0.717, 1.165) is 18.5 Å². The number of nitrogens with zero attached hydrogens (tertiary/aromatic N) is 2. The van der Waals surface area contributed by atoms with Crippen molar-refractivity contribution in [2.24, 2.45) is 11.7 Å². The van der Waals surface area contributed by atoms with Crippen molar-refractivity contribution in [1.29, 1.82) is 0 Å². The molecule has 18 heavy (non-hydrogen) atoms. The van der Waals surface area contributed by atoms with Crippen molar-refractivity contribution in [3.63, 3.8) is 0 Å². The maximum absolute atomic E-state index is 6.24. The molecule has 3 aliphatic heterocycles. The van der Waals surface area contributed by atoms with E-state index in [1.807, 2.05) is 0 Å². The number of hydrogen-bond donors (Lipinski definition) is 1. The first-order chi connectivity index (χ1) is 8.73. The van der Waals surface area contributed by atoms with E-state index in [-0.39, 0.29) is 0 Å². The molecule has 0 spiro atoms. The number of nitrogens with two attached hydrogens (primary N) is 1. The first-order valence-corrected chi connectivity index (χ1v) is 7.93. The summed E-state index contributed by atoms with van der Waals surface area (Å²) in [7, 11) is 0. The molecule has 0 aromatic carbocycles. The Morgan fingerprint density at radius 1 is 1.17 bits per heavy atom. The monoisotopic (exact) mass is 251 g/mol. The topological polar surface area (TPSA) is 32.5 Å². The van der Waals surface area contributed by atoms with Gasteiger partial charge in [0.1, 0.15) is 0 Å². The Morgan fingerprint density at radius 2 is 2.00 bits per heavy atom. The molecule has 3 nitrogen and oxygen atoms in total. The molecule has 0 aromatic heterocycles. The van der Waals surface area contributed by atoms with Gasteiger partial charge < -0.3 is 10.6 Å². The van der Waals surface area contributed by atoms with Gasteiger partial charge in [-0.1, -0.05) is 6.92 Å². The van der Waals surface area contributed by atoms with Crippen LogP contribution in [0.25, 0.3) is 0 Å². The minimum atomic E-state index is 0.334. The second-order valence-corrected chi connectivity index (χ2v) is 6.91. The Hall–Kier alpha value is -0.120. The van der Waals surface area contributed by atoms with Gasteiger partial charge in [-0.15, -0.1) is 0 Å². The van der Waals surface area contributed by atoms with Crippen LogP contribution in [0.4, 0.5) is 0 Å². The van der Waals surface area contributed by atoms with Gasteiger partial charge in [-0.3, -0.25) is 4.90 Å². The summed E-state index contributed by atoms with van der Waals surface area (Å²) in [6.45, 7) is 8.46. The molecular weight excluding hydrogens is 222 g/mol. The second-order valence-electron chi connectivity index (χ2n) is 6.91. The lowest BCUT2D eigenvalue weighted by molar-refractivity contribution is -0.0117. The number of rotatable bonds is 2. The second kappa shape index (κ2) is 5.10. The molecule has 0 amide bonds. The van der Waals surface area contributed by atoms with E-state index in [1.165, 1.54) is 64.7 Å². The van der Waals surface area contributed by atoms with Gasteiger partial charge in [0.2, 0.25) is 0 Å². The molecule has 3 aliphatic rings. The molecule has 3 saturated heterocycles. The fourth-order valence-corrected chi connectivity index (χ4v) is 4.54. The number of fused-ring (bicyclic) bond motifs is 1. The van der Waals surface area contributed by atoms with Gasteiger partial charge in [-0.05, 0) is 57.5 Å². The molecule has 3 atom stereocenters. The molecule has 3 unspecified atom stereocenters. The molecule has 3 heterocycles. The molecule has 3 fully saturated rings. The Bertz CT molecular complexity index is 293. The van der Waals surface area contributed by atoms with Gasteiger partial charge in [0.15, 0.2) is 0 Å². The van der Waals surface area contributed by atoms with E-state index >= 15 is 0 Å². The summed E-state index contributed by atoms with van der Waals surface area (Å²) in [6, 6.07) is 0.833. The van der Waals surface area contributed by atoms with Gasteiger partial charge in [-0.2, -0.15) is 0 Å². The smallest absolute Gasteiger partial charge is 0.0358 e. The number of likely N-dealkylation sites (tertiary alicyclic amines) is 1. The summed E-state index contributed by atoms with van der Waals surface area (Å²) < 4.78 is 0. The average molecular weight is 251 g/mol. The van der Waals surface area contributed by atoms with Crippen LogP contribution in [-0.2, 0) is 0 Å². The highest BCUT2D eigenvalue weighted by molar-refractivity contribution is 5.02. The fourth-order valence-electron chi connectivity index (χ4n) is 4.54. The van der Waals surface area contributed by atoms with Crippen LogP contribution in [0.3, 0.4) is 0 Å². The zero-order valence-electron chi connectivity index (χ0n) is 11.9. The van der Waals surface area contributed by atoms with Gasteiger partial charge in [-0.25, -0.2) is 0 Å². The van der Waals surface area contributed by atoms with E-state index in [0.29, 0.717) is 5.54 Å². The van der Waals surface area contributed by atoms with Crippen LogP contribution in [-0.4, -0.2) is 54.1 Å². The highest BCUT2D eigenvalue weighted by Crippen LogP contribution is 2.38. The summed E-state index contributed by atoms with van der Waals surface area (Å²) in [5, 5.41) is 0. The van der Waals surface area contributed by atoms with Gasteiger partial charge in [0.25, 0.3) is 0 Å². The van der Waals surface area contributed by atoms with Crippen LogP contribution < -0.4 is 5.73 Å². The largest absolute Gasteiger partial charge is 0.329 e. The molecule has 0 bridgehead atoms. The molecule has 3 rings (SSSR count). The average Bonchev–Trinajstić information content (AvgIpc) is 2.85. The van der Waals surface area contributed by atoms with E-state index < -0.39 is 0 Å². The highest BCUT2D eigenvalue weighted by atomic mass is 15.3. The lowest BCUT2D eigenvalue weighted by atomic mass is 9.80. The Balaban J connectivity index is 1.73. The molecule has 104 valence electrons. The highest BCUT2D eigenvalue weighted by Gasteiger charge is 2.44. The van der Waals surface area contributed by atoms with Crippen molar-refractivity contribution in [2.45, 2.75) is 57.0 Å². The maximum Gasteiger partial charge on any atom is 0.0358 e. The fraction of sp³-hybridized carbons (Fsp3) is 1.00. The zero-order chi connectivity index (χ0) is 12.6. The summed E-state index contributed by atoms with van der Waals surface area (Å²) in [6.07, 6.45) is 8.22. The van der Waals surface area contributed by atoms with Crippen molar-refractivity contribution in [2.75, 3.05) is 32.7 Å². The Kier molecular flexibility index (Phi) is 3.65. The van der Waals surface area contributed by atoms with Crippen molar-refractivity contribution in [3.8, 4) is 0 Å². The molecule has 3 heteroatoms. The minimum Gasteiger partial charge on any atom is -0.329 e. The molecule has 0 aliphatic carbocycles. The third-order valence-corrected chi connectivity index (χ3v) is 5.69. The van der Waals surface area contributed by atoms with Gasteiger partial charge >= 0.3 is 0 Å². The standard InChI is InChI=1S/C15H29N3/c1-13-4-2-8-18(11-13)15(12-16)6-9-17-7-3-5-14(17)10-15/h13-14H,2-12,16H2,1H3. The minimum absolute atomic E-state index is 0.334. The van der Waals surface area contributed by atoms with Crippen LogP contribution in [0.5, 0.6) is 0 Å². The SMILES string of the molecule is CC1CCCN(C2(CN)CCN3CCCC3C2)C1. The third kappa shape index (κ3) is 2.21. The predicted octanol–water partition coefficient (Wildman–Crippen LogP) is 1.67. The van der Waals surface area contributed by atoms with E-state index in [1.54, 1.807) is 0 Å². The summed E-state index contributed by atoms with van der Waals surface area (Å²) in [5.41, 5.74) is 6.57. The van der Waals surface area contributed by atoms with Crippen LogP contribution >= 0.6 is 0 Å². The first-order valence-electron chi connectivity index (χ1n) is 7.93. The van der Waals surface area contributed by atoms with Crippen LogP contribution in [0, 0.1) is 5.92 Å². The molecule has 0 saturated carbocycles. The Labute approximate surface area is 112 Å². The number of piperidine rings is 2. The lowest BCUT2D eigenvalue weighted by Crippen LogP contribution is -2.62. The van der Waals surface area contributed by atoms with Crippen LogP contribution in [0.15, 0.2) is 0 Å². The summed E-state index contributed by atoms with van der Waals surface area (Å²) >= 11 is 0. The van der Waals surface area contributed by atoms with Crippen LogP contribution in [0.2, 0.25) is 0 Å². The van der Waals surface area contributed by atoms with E-state index in [2.05, 4.69) is 16.7 Å². The quantitative estimate of drug-likeness (QED) is 0.810. The molecular formula is C15H29N3. The molecule has 2 N–H and O–H groups in total. The van der Waals surface area contributed by atoms with Gasteiger partial charge in [0.05, 0.1) is 0 Å². The Morgan fingerprint density at radius 3 is 2.78 bits per heavy atom. The third-order valence-electron chi connectivity index (χ3n) is 5.69. The van der Waals surface area contributed by atoms with Crippen LogP contribution in [0.1, 0.15) is 45.4 Å². The zero-order valence-corrected chi connectivity index (χ0v) is 11.9. The van der Waals surface area contributed by atoms with Gasteiger partial charge in [0, 0.05) is 31.2 Å². The molecule has 0 aromatic rings. The summed E-state index contributed by atoms with van der Waals surface area (Å²) in [4.78, 5) is 5.47. The molecule has 0 radical (unpaired) electrons. The van der Waals surface area contributed by atoms with E-state index in [4.69, 9.17) is 5.73 Å². The van der Waals surface area contributed by atoms with Crippen molar-refractivity contribution >= 4 is 0 Å². The lowest BCUT2D eigenvalue weighted by Gasteiger charge is -2.52. The van der Waals surface area contributed by atoms with E-state index in [9.17, 15) is 0 Å². The first kappa shape index (κ1) is 12.9. The predicted molar refractivity (Wildman–Crippen MR) is 75.6 cm³/mol. The maximum atomic E-state index is 6.24. The van der Waals surface area contributed by atoms with Crippen molar-refractivity contribution in [3.05, 3.63) is 0 Å². The summed E-state index contributed by atoms with van der Waals surface area (Å²) in [5.74, 6) is 0.865. The normalized spacial score (nSPS) is 43.0.